The average molecular weight is 624 g/mol. The quantitative estimate of drug-likeness (QED) is 0.167. The maximum Gasteiger partial charge on any atom is 0.0462 e. The Morgan fingerprint density at radius 1 is 0.265 bits per heavy atom. The van der Waals surface area contributed by atoms with E-state index in [1.807, 2.05) is 0 Å². The van der Waals surface area contributed by atoms with Crippen molar-refractivity contribution in [3.05, 3.63) is 200 Å². The van der Waals surface area contributed by atoms with E-state index in [2.05, 4.69) is 205 Å². The summed E-state index contributed by atoms with van der Waals surface area (Å²) in [7, 11) is 0. The van der Waals surface area contributed by atoms with Crippen molar-refractivity contribution in [2.45, 2.75) is 0 Å². The molecule has 0 aromatic heterocycles. The topological polar surface area (TPSA) is 3.24 Å². The van der Waals surface area contributed by atoms with Crippen LogP contribution in [0.15, 0.2) is 200 Å². The van der Waals surface area contributed by atoms with Crippen LogP contribution in [0, 0.1) is 0 Å². The zero-order valence-electron chi connectivity index (χ0n) is 27.0. The molecular weight excluding hydrogens is 591 g/mol. The molecule has 0 saturated heterocycles. The van der Waals surface area contributed by atoms with Crippen LogP contribution in [0.5, 0.6) is 0 Å². The second-order valence-electron chi connectivity index (χ2n) is 12.5. The van der Waals surface area contributed by atoms with E-state index in [4.69, 9.17) is 0 Å². The van der Waals surface area contributed by atoms with Crippen LogP contribution in [0.25, 0.3) is 65.7 Å². The third kappa shape index (κ3) is 5.23. The van der Waals surface area contributed by atoms with Crippen LogP contribution in [-0.2, 0) is 0 Å². The first-order valence-electron chi connectivity index (χ1n) is 16.9. The minimum atomic E-state index is 1.11. The Hall–Kier alpha value is -6.44. The van der Waals surface area contributed by atoms with Gasteiger partial charge in [-0.05, 0) is 108 Å². The van der Waals surface area contributed by atoms with Crippen LogP contribution < -0.4 is 4.90 Å². The highest BCUT2D eigenvalue weighted by Gasteiger charge is 2.16. The molecule has 230 valence electrons. The molecule has 0 spiro atoms. The van der Waals surface area contributed by atoms with Crippen molar-refractivity contribution < 1.29 is 0 Å². The number of rotatable bonds is 6. The predicted octanol–water partition coefficient (Wildman–Crippen LogP) is 13.6. The summed E-state index contributed by atoms with van der Waals surface area (Å²) < 4.78 is 0. The summed E-state index contributed by atoms with van der Waals surface area (Å²) >= 11 is 0. The zero-order chi connectivity index (χ0) is 32.6. The molecule has 0 aliphatic heterocycles. The molecule has 0 heterocycles. The number of para-hydroxylation sites is 1. The van der Waals surface area contributed by atoms with E-state index in [1.165, 1.54) is 65.7 Å². The molecule has 9 aromatic rings. The Labute approximate surface area is 287 Å². The van der Waals surface area contributed by atoms with E-state index in [1.54, 1.807) is 0 Å². The second-order valence-corrected chi connectivity index (χ2v) is 12.5. The van der Waals surface area contributed by atoms with Crippen molar-refractivity contribution in [3.63, 3.8) is 0 Å². The van der Waals surface area contributed by atoms with Crippen molar-refractivity contribution >= 4 is 49.4 Å². The molecule has 0 saturated carbocycles. The third-order valence-corrected chi connectivity index (χ3v) is 9.65. The van der Waals surface area contributed by atoms with Gasteiger partial charge in [0.2, 0.25) is 0 Å². The molecule has 49 heavy (non-hydrogen) atoms. The lowest BCUT2D eigenvalue weighted by Crippen LogP contribution is -2.09. The highest BCUT2D eigenvalue weighted by molar-refractivity contribution is 6.13. The summed E-state index contributed by atoms with van der Waals surface area (Å²) in [4.78, 5) is 2.34. The SMILES string of the molecule is c1ccc(-c2c(-c3ccc(N(c4ccccc4)c4ccc(-c5cc6ccccc6c6ccccc56)cc4)cc3)ccc3ccccc23)cc1. The Kier molecular flexibility index (Phi) is 7.22. The van der Waals surface area contributed by atoms with Gasteiger partial charge < -0.3 is 4.90 Å². The molecule has 0 unspecified atom stereocenters. The van der Waals surface area contributed by atoms with Gasteiger partial charge in [-0.1, -0.05) is 158 Å². The van der Waals surface area contributed by atoms with Crippen LogP contribution in [0.2, 0.25) is 0 Å². The summed E-state index contributed by atoms with van der Waals surface area (Å²) in [6.45, 7) is 0. The molecule has 9 aromatic carbocycles. The maximum atomic E-state index is 2.34. The molecule has 1 heteroatoms. The van der Waals surface area contributed by atoms with Crippen LogP contribution in [-0.4, -0.2) is 0 Å². The van der Waals surface area contributed by atoms with Gasteiger partial charge in [-0.15, -0.1) is 0 Å². The van der Waals surface area contributed by atoms with Crippen LogP contribution in [0.1, 0.15) is 0 Å². The van der Waals surface area contributed by atoms with Crippen LogP contribution in [0.4, 0.5) is 17.1 Å². The van der Waals surface area contributed by atoms with Crippen molar-refractivity contribution in [1.29, 1.82) is 0 Å². The van der Waals surface area contributed by atoms with Crippen molar-refractivity contribution in [2.75, 3.05) is 4.90 Å². The largest absolute Gasteiger partial charge is 0.311 e. The fraction of sp³-hybridized carbons (Fsp3) is 0. The van der Waals surface area contributed by atoms with Gasteiger partial charge in [0.05, 0.1) is 0 Å². The molecule has 0 N–H and O–H groups in total. The van der Waals surface area contributed by atoms with E-state index in [0.717, 1.165) is 17.1 Å². The van der Waals surface area contributed by atoms with Gasteiger partial charge in [-0.2, -0.15) is 0 Å². The molecule has 1 nitrogen and oxygen atoms in total. The highest BCUT2D eigenvalue weighted by atomic mass is 15.1. The first kappa shape index (κ1) is 28.8. The fourth-order valence-corrected chi connectivity index (χ4v) is 7.33. The highest BCUT2D eigenvalue weighted by Crippen LogP contribution is 2.41. The van der Waals surface area contributed by atoms with Gasteiger partial charge in [-0.25, -0.2) is 0 Å². The number of fused-ring (bicyclic) bond motifs is 4. The van der Waals surface area contributed by atoms with Crippen molar-refractivity contribution in [2.24, 2.45) is 0 Å². The average Bonchev–Trinajstić information content (AvgIpc) is 3.18. The lowest BCUT2D eigenvalue weighted by atomic mass is 9.90. The Balaban J connectivity index is 1.13. The fourth-order valence-electron chi connectivity index (χ4n) is 7.33. The van der Waals surface area contributed by atoms with E-state index in [0.29, 0.717) is 0 Å². The standard InChI is InChI=1S/C48H33N/c1-3-14-37(15-4-1)48-43-20-10-7-13-34(43)27-32-44(48)35-23-28-40(29-24-35)49(39-17-5-2-6-18-39)41-30-25-36(26-31-41)47-33-38-16-8-9-19-42(38)45-21-11-12-22-46(45)47/h1-33H. The Bertz CT molecular complexity index is 2570. The molecule has 0 atom stereocenters. The molecular formula is C48H33N. The maximum absolute atomic E-state index is 2.34. The van der Waals surface area contributed by atoms with Crippen LogP contribution in [0.3, 0.4) is 0 Å². The summed E-state index contributed by atoms with van der Waals surface area (Å²) in [6.07, 6.45) is 0. The van der Waals surface area contributed by atoms with E-state index >= 15 is 0 Å². The minimum Gasteiger partial charge on any atom is -0.311 e. The molecule has 0 fully saturated rings. The van der Waals surface area contributed by atoms with Gasteiger partial charge in [0.1, 0.15) is 0 Å². The molecule has 0 bridgehead atoms. The van der Waals surface area contributed by atoms with Gasteiger partial charge in [0, 0.05) is 17.1 Å². The van der Waals surface area contributed by atoms with Gasteiger partial charge in [-0.3, -0.25) is 0 Å². The zero-order valence-corrected chi connectivity index (χ0v) is 27.0. The Morgan fingerprint density at radius 3 is 1.43 bits per heavy atom. The monoisotopic (exact) mass is 623 g/mol. The van der Waals surface area contributed by atoms with Crippen molar-refractivity contribution in [1.82, 2.24) is 0 Å². The van der Waals surface area contributed by atoms with Gasteiger partial charge >= 0.3 is 0 Å². The smallest absolute Gasteiger partial charge is 0.0462 e. The van der Waals surface area contributed by atoms with Crippen LogP contribution >= 0.6 is 0 Å². The number of nitrogens with zero attached hydrogens (tertiary/aromatic N) is 1. The summed E-state index contributed by atoms with van der Waals surface area (Å²) in [5.41, 5.74) is 10.7. The molecule has 0 amide bonds. The minimum absolute atomic E-state index is 1.11. The van der Waals surface area contributed by atoms with E-state index in [-0.39, 0.29) is 0 Å². The first-order valence-corrected chi connectivity index (χ1v) is 16.9. The van der Waals surface area contributed by atoms with Gasteiger partial charge in [0.25, 0.3) is 0 Å². The molecule has 9 rings (SSSR count). The summed E-state index contributed by atoms with van der Waals surface area (Å²) in [5.74, 6) is 0. The second kappa shape index (κ2) is 12.3. The summed E-state index contributed by atoms with van der Waals surface area (Å²) in [6, 6.07) is 72.3. The normalized spacial score (nSPS) is 11.3. The number of benzene rings is 9. The lowest BCUT2D eigenvalue weighted by molar-refractivity contribution is 1.28. The number of hydrogen-bond acceptors (Lipinski definition) is 1. The van der Waals surface area contributed by atoms with E-state index in [9.17, 15) is 0 Å². The molecule has 0 aliphatic carbocycles. The molecule has 0 aliphatic rings. The Morgan fingerprint density at radius 2 is 0.755 bits per heavy atom. The lowest BCUT2D eigenvalue weighted by Gasteiger charge is -2.26. The summed E-state index contributed by atoms with van der Waals surface area (Å²) in [5, 5.41) is 7.61. The first-order chi connectivity index (χ1) is 24.3. The van der Waals surface area contributed by atoms with Crippen molar-refractivity contribution in [3.8, 4) is 33.4 Å². The molecule has 0 radical (unpaired) electrons. The van der Waals surface area contributed by atoms with Gasteiger partial charge in [0.15, 0.2) is 0 Å². The third-order valence-electron chi connectivity index (χ3n) is 9.65. The predicted molar refractivity (Wildman–Crippen MR) is 210 cm³/mol. The number of anilines is 3. The van der Waals surface area contributed by atoms with E-state index < -0.39 is 0 Å². The number of hydrogen-bond donors (Lipinski definition) is 0.